The van der Waals surface area contributed by atoms with Gasteiger partial charge in [0, 0.05) is 35.5 Å². The predicted molar refractivity (Wildman–Crippen MR) is 74.3 cm³/mol. The Bertz CT molecular complexity index is 542. The van der Waals surface area contributed by atoms with E-state index in [1.807, 2.05) is 18.0 Å². The second-order valence-corrected chi connectivity index (χ2v) is 4.79. The molecule has 0 aliphatic rings. The van der Waals surface area contributed by atoms with E-state index in [1.54, 1.807) is 18.3 Å². The van der Waals surface area contributed by atoms with Crippen molar-refractivity contribution in [3.63, 3.8) is 0 Å². The summed E-state index contributed by atoms with van der Waals surface area (Å²) >= 11 is 3.37. The molecular weight excluding hydrogens is 297 g/mol. The van der Waals surface area contributed by atoms with Crippen LogP contribution in [0.3, 0.4) is 0 Å². The highest BCUT2D eigenvalue weighted by atomic mass is 79.9. The summed E-state index contributed by atoms with van der Waals surface area (Å²) in [6.07, 6.45) is 1.72. The van der Waals surface area contributed by atoms with E-state index in [0.717, 1.165) is 21.5 Å². The first-order valence-electron chi connectivity index (χ1n) is 5.45. The van der Waals surface area contributed by atoms with Crippen LogP contribution >= 0.6 is 15.9 Å². The van der Waals surface area contributed by atoms with Crippen molar-refractivity contribution in [2.45, 2.75) is 6.54 Å². The summed E-state index contributed by atoms with van der Waals surface area (Å²) in [6.45, 7) is 0.396. The van der Waals surface area contributed by atoms with E-state index in [4.69, 9.17) is 5.73 Å². The highest BCUT2D eigenvalue weighted by Crippen LogP contribution is 2.26. The summed E-state index contributed by atoms with van der Waals surface area (Å²) in [4.78, 5) is 6.24. The van der Waals surface area contributed by atoms with Crippen molar-refractivity contribution < 1.29 is 4.39 Å². The first-order chi connectivity index (χ1) is 8.61. The maximum atomic E-state index is 12.9. The molecule has 94 valence electrons. The van der Waals surface area contributed by atoms with Crippen LogP contribution in [0.15, 0.2) is 41.0 Å². The van der Waals surface area contributed by atoms with E-state index in [2.05, 4.69) is 20.9 Å². The van der Waals surface area contributed by atoms with Gasteiger partial charge in [0.1, 0.15) is 11.6 Å². The van der Waals surface area contributed by atoms with Gasteiger partial charge in [-0.25, -0.2) is 9.37 Å². The van der Waals surface area contributed by atoms with Gasteiger partial charge in [0.25, 0.3) is 0 Å². The average molecular weight is 310 g/mol. The molecule has 3 nitrogen and oxygen atoms in total. The second kappa shape index (κ2) is 5.46. The Hall–Kier alpha value is -1.46. The summed E-state index contributed by atoms with van der Waals surface area (Å²) < 4.78 is 13.8. The van der Waals surface area contributed by atoms with Gasteiger partial charge in [0.15, 0.2) is 0 Å². The summed E-state index contributed by atoms with van der Waals surface area (Å²) in [5.41, 5.74) is 7.50. The number of aromatic nitrogens is 1. The number of rotatable bonds is 3. The third kappa shape index (κ3) is 2.68. The highest BCUT2D eigenvalue weighted by Gasteiger charge is 2.10. The molecule has 0 atom stereocenters. The molecule has 0 fully saturated rings. The van der Waals surface area contributed by atoms with Crippen molar-refractivity contribution in [2.75, 3.05) is 11.9 Å². The maximum Gasteiger partial charge on any atom is 0.137 e. The number of hydrogen-bond acceptors (Lipinski definition) is 3. The van der Waals surface area contributed by atoms with Gasteiger partial charge < -0.3 is 10.6 Å². The number of hydrogen-bond donors (Lipinski definition) is 1. The lowest BCUT2D eigenvalue weighted by molar-refractivity contribution is 0.628. The van der Waals surface area contributed by atoms with E-state index in [0.29, 0.717) is 6.54 Å². The number of pyridine rings is 1. The molecule has 18 heavy (non-hydrogen) atoms. The fraction of sp³-hybridized carbons (Fsp3) is 0.154. The molecule has 0 radical (unpaired) electrons. The van der Waals surface area contributed by atoms with Crippen LogP contribution in [0.1, 0.15) is 5.56 Å². The third-order valence-corrected chi connectivity index (χ3v) is 3.09. The SMILES string of the molecule is CN(c1ccc(F)cc1)c1ncc(Br)cc1CN. The quantitative estimate of drug-likeness (QED) is 0.946. The number of nitrogens with zero attached hydrogens (tertiary/aromatic N) is 2. The highest BCUT2D eigenvalue weighted by molar-refractivity contribution is 9.10. The molecule has 0 unspecified atom stereocenters. The first kappa shape index (κ1) is 13.0. The van der Waals surface area contributed by atoms with Gasteiger partial charge in [-0.3, -0.25) is 0 Å². The number of anilines is 2. The smallest absolute Gasteiger partial charge is 0.137 e. The summed E-state index contributed by atoms with van der Waals surface area (Å²) in [5.74, 6) is 0.516. The van der Waals surface area contributed by atoms with Crippen LogP contribution in [0.5, 0.6) is 0 Å². The van der Waals surface area contributed by atoms with Crippen LogP contribution in [0, 0.1) is 5.82 Å². The van der Waals surface area contributed by atoms with E-state index >= 15 is 0 Å². The van der Waals surface area contributed by atoms with Gasteiger partial charge in [0.2, 0.25) is 0 Å². The molecule has 2 N–H and O–H groups in total. The molecule has 2 rings (SSSR count). The van der Waals surface area contributed by atoms with Crippen LogP contribution in [-0.4, -0.2) is 12.0 Å². The molecule has 1 aromatic carbocycles. The summed E-state index contributed by atoms with van der Waals surface area (Å²) in [5, 5.41) is 0. The van der Waals surface area contributed by atoms with Crippen molar-refractivity contribution in [1.29, 1.82) is 0 Å². The predicted octanol–water partition coefficient (Wildman–Crippen LogP) is 3.21. The van der Waals surface area contributed by atoms with Gasteiger partial charge >= 0.3 is 0 Å². The molecule has 0 aliphatic heterocycles. The molecule has 0 bridgehead atoms. The van der Waals surface area contributed by atoms with E-state index in [1.165, 1.54) is 12.1 Å². The van der Waals surface area contributed by atoms with Gasteiger partial charge in [-0.05, 0) is 46.3 Å². The van der Waals surface area contributed by atoms with Crippen molar-refractivity contribution >= 4 is 27.4 Å². The Labute approximate surface area is 114 Å². The molecular formula is C13H13BrFN3. The van der Waals surface area contributed by atoms with E-state index < -0.39 is 0 Å². The number of halogens is 2. The molecule has 0 saturated carbocycles. The van der Waals surface area contributed by atoms with Crippen LogP contribution in [0.4, 0.5) is 15.9 Å². The number of benzene rings is 1. The molecule has 5 heteroatoms. The lowest BCUT2D eigenvalue weighted by atomic mass is 10.2. The monoisotopic (exact) mass is 309 g/mol. The second-order valence-electron chi connectivity index (χ2n) is 3.88. The zero-order valence-corrected chi connectivity index (χ0v) is 11.5. The lowest BCUT2D eigenvalue weighted by Gasteiger charge is -2.21. The molecule has 0 saturated heterocycles. The molecule has 2 aromatic rings. The first-order valence-corrected chi connectivity index (χ1v) is 6.25. The van der Waals surface area contributed by atoms with Gasteiger partial charge in [0.05, 0.1) is 0 Å². The molecule has 1 aromatic heterocycles. The Balaban J connectivity index is 2.39. The molecule has 1 heterocycles. The summed E-state index contributed by atoms with van der Waals surface area (Å²) in [6, 6.07) is 8.20. The Morgan fingerprint density at radius 2 is 2.00 bits per heavy atom. The maximum absolute atomic E-state index is 12.9. The topological polar surface area (TPSA) is 42.2 Å². The van der Waals surface area contributed by atoms with E-state index in [-0.39, 0.29) is 5.82 Å². The van der Waals surface area contributed by atoms with Crippen LogP contribution in [-0.2, 0) is 6.54 Å². The fourth-order valence-corrected chi connectivity index (χ4v) is 2.09. The minimum atomic E-state index is -0.255. The summed E-state index contributed by atoms with van der Waals surface area (Å²) in [7, 11) is 1.88. The van der Waals surface area contributed by atoms with Crippen LogP contribution in [0.25, 0.3) is 0 Å². The van der Waals surface area contributed by atoms with Crippen molar-refractivity contribution in [1.82, 2.24) is 4.98 Å². The standard InChI is InChI=1S/C13H13BrFN3/c1-18(12-4-2-11(15)3-5-12)13-9(7-16)6-10(14)8-17-13/h2-6,8H,7,16H2,1H3. The minimum Gasteiger partial charge on any atom is -0.329 e. The molecule has 0 amide bonds. The van der Waals surface area contributed by atoms with Crippen molar-refractivity contribution in [3.05, 3.63) is 52.4 Å². The van der Waals surface area contributed by atoms with Gasteiger partial charge in [-0.15, -0.1) is 0 Å². The Kier molecular flexibility index (Phi) is 3.93. The molecule has 0 aliphatic carbocycles. The molecule has 0 spiro atoms. The van der Waals surface area contributed by atoms with Gasteiger partial charge in [-0.1, -0.05) is 0 Å². The van der Waals surface area contributed by atoms with Crippen molar-refractivity contribution in [2.24, 2.45) is 5.73 Å². The van der Waals surface area contributed by atoms with Gasteiger partial charge in [-0.2, -0.15) is 0 Å². The Morgan fingerprint density at radius 3 is 2.61 bits per heavy atom. The zero-order chi connectivity index (χ0) is 13.1. The zero-order valence-electron chi connectivity index (χ0n) is 9.90. The fourth-order valence-electron chi connectivity index (χ4n) is 1.71. The largest absolute Gasteiger partial charge is 0.329 e. The minimum absolute atomic E-state index is 0.255. The van der Waals surface area contributed by atoms with Crippen LogP contribution in [0.2, 0.25) is 0 Å². The average Bonchev–Trinajstić information content (AvgIpc) is 2.38. The van der Waals surface area contributed by atoms with Crippen LogP contribution < -0.4 is 10.6 Å². The number of nitrogens with two attached hydrogens (primary N) is 1. The van der Waals surface area contributed by atoms with Crippen molar-refractivity contribution in [3.8, 4) is 0 Å². The normalized spacial score (nSPS) is 10.4. The van der Waals surface area contributed by atoms with E-state index in [9.17, 15) is 4.39 Å². The Morgan fingerprint density at radius 1 is 1.33 bits per heavy atom. The lowest BCUT2D eigenvalue weighted by Crippen LogP contribution is -2.15. The third-order valence-electron chi connectivity index (χ3n) is 2.66.